The van der Waals surface area contributed by atoms with Crippen LogP contribution in [0.1, 0.15) is 37.2 Å². The van der Waals surface area contributed by atoms with E-state index in [4.69, 9.17) is 0 Å². The van der Waals surface area contributed by atoms with Crippen molar-refractivity contribution in [2.24, 2.45) is 0 Å². The molecule has 2 heterocycles. The minimum Gasteiger partial charge on any atom is -0.367 e. The van der Waals surface area contributed by atoms with Crippen LogP contribution >= 0.6 is 0 Å². The van der Waals surface area contributed by atoms with Crippen LogP contribution in [0.5, 0.6) is 0 Å². The normalized spacial score (nSPS) is 18.0. The number of nitrogens with zero attached hydrogens (tertiary/aromatic N) is 3. The molecule has 0 radical (unpaired) electrons. The van der Waals surface area contributed by atoms with Gasteiger partial charge in [-0.1, -0.05) is 0 Å². The van der Waals surface area contributed by atoms with Crippen LogP contribution in [0.15, 0.2) is 18.3 Å². The molecule has 21 heavy (non-hydrogen) atoms. The third-order valence-electron chi connectivity index (χ3n) is 3.90. The van der Waals surface area contributed by atoms with Crippen LogP contribution < -0.4 is 10.2 Å². The van der Waals surface area contributed by atoms with Gasteiger partial charge in [-0.05, 0) is 45.4 Å². The van der Waals surface area contributed by atoms with Crippen LogP contribution in [0, 0.1) is 0 Å². The lowest BCUT2D eigenvalue weighted by molar-refractivity contribution is 0.0822. The minimum absolute atomic E-state index is 0.0560. The third-order valence-corrected chi connectivity index (χ3v) is 3.90. The van der Waals surface area contributed by atoms with E-state index in [0.29, 0.717) is 17.8 Å². The highest BCUT2D eigenvalue weighted by Crippen LogP contribution is 2.20. The van der Waals surface area contributed by atoms with E-state index < -0.39 is 0 Å². The summed E-state index contributed by atoms with van der Waals surface area (Å²) in [4.78, 5) is 20.2. The minimum atomic E-state index is -0.0560. The zero-order chi connectivity index (χ0) is 15.4. The van der Waals surface area contributed by atoms with Gasteiger partial charge >= 0.3 is 0 Å². The number of hydrogen-bond acceptors (Lipinski definition) is 4. The summed E-state index contributed by atoms with van der Waals surface area (Å²) in [6.07, 6.45) is 4.19. The maximum atomic E-state index is 12.1. The second kappa shape index (κ2) is 6.89. The van der Waals surface area contributed by atoms with Gasteiger partial charge in [-0.25, -0.2) is 0 Å². The van der Waals surface area contributed by atoms with Crippen molar-refractivity contribution in [1.82, 2.24) is 15.2 Å². The molecule has 5 heteroatoms. The van der Waals surface area contributed by atoms with E-state index in [1.54, 1.807) is 25.2 Å². The predicted molar refractivity (Wildman–Crippen MR) is 85.8 cm³/mol. The highest BCUT2D eigenvalue weighted by Gasteiger charge is 2.21. The first kappa shape index (κ1) is 15.8. The average molecular weight is 290 g/mol. The number of aromatic nitrogens is 1. The van der Waals surface area contributed by atoms with Crippen molar-refractivity contribution >= 4 is 11.6 Å². The summed E-state index contributed by atoms with van der Waals surface area (Å²) < 4.78 is 0. The number of nitrogens with one attached hydrogen (secondary N) is 1. The van der Waals surface area contributed by atoms with Crippen LogP contribution in [-0.4, -0.2) is 55.1 Å². The van der Waals surface area contributed by atoms with E-state index in [-0.39, 0.29) is 5.91 Å². The van der Waals surface area contributed by atoms with Gasteiger partial charge in [0.25, 0.3) is 5.91 Å². The number of anilines is 1. The van der Waals surface area contributed by atoms with Gasteiger partial charge in [0, 0.05) is 44.6 Å². The van der Waals surface area contributed by atoms with E-state index in [9.17, 15) is 4.79 Å². The maximum Gasteiger partial charge on any atom is 0.272 e. The number of carbonyl (C=O) groups is 1. The summed E-state index contributed by atoms with van der Waals surface area (Å²) in [5, 5.41) is 3.53. The molecule has 1 unspecified atom stereocenters. The van der Waals surface area contributed by atoms with Crippen LogP contribution in [-0.2, 0) is 0 Å². The Kier molecular flexibility index (Phi) is 5.17. The molecule has 1 amide bonds. The Morgan fingerprint density at radius 2 is 2.24 bits per heavy atom. The zero-order valence-corrected chi connectivity index (χ0v) is 13.5. The van der Waals surface area contributed by atoms with Gasteiger partial charge in [0.2, 0.25) is 0 Å². The van der Waals surface area contributed by atoms with Crippen molar-refractivity contribution in [3.63, 3.8) is 0 Å². The van der Waals surface area contributed by atoms with E-state index in [1.165, 1.54) is 12.8 Å². The highest BCUT2D eigenvalue weighted by atomic mass is 16.2. The zero-order valence-electron chi connectivity index (χ0n) is 13.5. The quantitative estimate of drug-likeness (QED) is 0.897. The molecule has 2 rings (SSSR count). The number of rotatable bonds is 5. The lowest BCUT2D eigenvalue weighted by Crippen LogP contribution is -2.41. The predicted octanol–water partition coefficient (Wildman–Crippen LogP) is 1.75. The van der Waals surface area contributed by atoms with Gasteiger partial charge in [-0.2, -0.15) is 0 Å². The lowest BCUT2D eigenvalue weighted by Gasteiger charge is -2.32. The molecule has 0 aliphatic carbocycles. The molecule has 5 nitrogen and oxygen atoms in total. The Balaban J connectivity index is 2.19. The summed E-state index contributed by atoms with van der Waals surface area (Å²) in [5.41, 5.74) is 1.57. The maximum absolute atomic E-state index is 12.1. The van der Waals surface area contributed by atoms with Crippen molar-refractivity contribution < 1.29 is 4.79 Å². The Bertz CT molecular complexity index is 481. The Labute approximate surface area is 127 Å². The number of hydrogen-bond donors (Lipinski definition) is 1. The smallest absolute Gasteiger partial charge is 0.272 e. The average Bonchev–Trinajstić information content (AvgIpc) is 2.96. The number of carbonyl (C=O) groups excluding carboxylic acids is 1. The summed E-state index contributed by atoms with van der Waals surface area (Å²) in [6, 6.07) is 4.81. The van der Waals surface area contributed by atoms with Crippen LogP contribution in [0.2, 0.25) is 0 Å². The Morgan fingerprint density at radius 3 is 2.81 bits per heavy atom. The fourth-order valence-corrected chi connectivity index (χ4v) is 2.71. The van der Waals surface area contributed by atoms with Gasteiger partial charge in [-0.3, -0.25) is 9.78 Å². The van der Waals surface area contributed by atoms with Gasteiger partial charge in [0.05, 0.1) is 0 Å². The molecule has 116 valence electrons. The molecule has 1 aromatic heterocycles. The first-order chi connectivity index (χ1) is 9.99. The molecule has 1 aromatic rings. The molecular formula is C16H26N4O. The monoisotopic (exact) mass is 290 g/mol. The molecule has 0 saturated carbocycles. The van der Waals surface area contributed by atoms with E-state index in [2.05, 4.69) is 29.0 Å². The molecule has 0 spiro atoms. The fourth-order valence-electron chi connectivity index (χ4n) is 2.71. The summed E-state index contributed by atoms with van der Waals surface area (Å²) >= 11 is 0. The van der Waals surface area contributed by atoms with Crippen molar-refractivity contribution in [2.75, 3.05) is 32.1 Å². The number of pyridine rings is 1. The standard InChI is InChI=1S/C16H26N4O/c1-12(2)20(11-13-6-5-8-17-13)14-7-9-18-15(10-14)16(21)19(3)4/h7,9-10,12-13,17H,5-6,8,11H2,1-4H3. The van der Waals surface area contributed by atoms with Crippen LogP contribution in [0.25, 0.3) is 0 Å². The van der Waals surface area contributed by atoms with Gasteiger partial charge in [0.15, 0.2) is 0 Å². The topological polar surface area (TPSA) is 48.5 Å². The molecular weight excluding hydrogens is 264 g/mol. The molecule has 1 fully saturated rings. The SMILES string of the molecule is CC(C)N(CC1CCCN1)c1ccnc(C(=O)N(C)C)c1. The molecule has 1 saturated heterocycles. The van der Waals surface area contributed by atoms with Crippen LogP contribution in [0.3, 0.4) is 0 Å². The summed E-state index contributed by atoms with van der Waals surface area (Å²) in [5.74, 6) is -0.0560. The van der Waals surface area contributed by atoms with Gasteiger partial charge in [0.1, 0.15) is 5.69 Å². The molecule has 1 atom stereocenters. The first-order valence-electron chi connectivity index (χ1n) is 7.66. The van der Waals surface area contributed by atoms with E-state index >= 15 is 0 Å². The van der Waals surface area contributed by atoms with Crippen molar-refractivity contribution in [1.29, 1.82) is 0 Å². The number of amides is 1. The molecule has 0 bridgehead atoms. The second-order valence-corrected chi connectivity index (χ2v) is 6.14. The fraction of sp³-hybridized carbons (Fsp3) is 0.625. The molecule has 1 aliphatic rings. The lowest BCUT2D eigenvalue weighted by atomic mass is 10.1. The Hall–Kier alpha value is -1.62. The summed E-state index contributed by atoms with van der Waals surface area (Å²) in [6.45, 7) is 6.44. The first-order valence-corrected chi connectivity index (χ1v) is 7.66. The van der Waals surface area contributed by atoms with E-state index in [1.807, 2.05) is 12.1 Å². The third kappa shape index (κ3) is 3.94. The van der Waals surface area contributed by atoms with Crippen molar-refractivity contribution in [3.05, 3.63) is 24.0 Å². The highest BCUT2D eigenvalue weighted by molar-refractivity contribution is 5.92. The van der Waals surface area contributed by atoms with Crippen molar-refractivity contribution in [2.45, 2.75) is 38.8 Å². The summed E-state index contributed by atoms with van der Waals surface area (Å²) in [7, 11) is 3.50. The van der Waals surface area contributed by atoms with E-state index in [0.717, 1.165) is 18.8 Å². The molecule has 0 aromatic carbocycles. The van der Waals surface area contributed by atoms with Gasteiger partial charge < -0.3 is 15.1 Å². The van der Waals surface area contributed by atoms with Gasteiger partial charge in [-0.15, -0.1) is 0 Å². The molecule has 1 N–H and O–H groups in total. The van der Waals surface area contributed by atoms with Crippen LogP contribution in [0.4, 0.5) is 5.69 Å². The Morgan fingerprint density at radius 1 is 1.48 bits per heavy atom. The molecule has 1 aliphatic heterocycles. The van der Waals surface area contributed by atoms with Crippen molar-refractivity contribution in [3.8, 4) is 0 Å². The largest absolute Gasteiger partial charge is 0.367 e. The second-order valence-electron chi connectivity index (χ2n) is 6.14.